The molecule has 28 heavy (non-hydrogen) atoms. The van der Waals surface area contributed by atoms with Crippen molar-refractivity contribution < 1.29 is 19.1 Å². The molecular formula is C20H28N4O4. The summed E-state index contributed by atoms with van der Waals surface area (Å²) < 4.78 is 10.6. The molecule has 3 rings (SSSR count). The number of anilines is 1. The summed E-state index contributed by atoms with van der Waals surface area (Å²) in [5.41, 5.74) is 1.18. The Labute approximate surface area is 165 Å². The van der Waals surface area contributed by atoms with Crippen molar-refractivity contribution in [3.63, 3.8) is 0 Å². The molecule has 0 aliphatic carbocycles. The Balaban J connectivity index is 1.61. The van der Waals surface area contributed by atoms with E-state index in [4.69, 9.17) is 9.47 Å². The van der Waals surface area contributed by atoms with Gasteiger partial charge in [-0.15, -0.1) is 0 Å². The van der Waals surface area contributed by atoms with Crippen LogP contribution in [0.5, 0.6) is 0 Å². The molecule has 3 heterocycles. The molecule has 0 spiro atoms. The number of rotatable bonds is 5. The van der Waals surface area contributed by atoms with Gasteiger partial charge in [0.05, 0.1) is 19.8 Å². The van der Waals surface area contributed by atoms with E-state index in [1.54, 1.807) is 17.2 Å². The third-order valence-electron chi connectivity index (χ3n) is 4.47. The first-order valence-corrected chi connectivity index (χ1v) is 9.56. The molecule has 1 saturated heterocycles. The maximum absolute atomic E-state index is 12.3. The van der Waals surface area contributed by atoms with Gasteiger partial charge in [-0.25, -0.2) is 14.6 Å². The zero-order valence-electron chi connectivity index (χ0n) is 16.7. The lowest BCUT2D eigenvalue weighted by Crippen LogP contribution is -2.45. The van der Waals surface area contributed by atoms with Crippen LogP contribution in [0.25, 0.3) is 6.08 Å². The van der Waals surface area contributed by atoms with E-state index in [0.29, 0.717) is 18.9 Å². The minimum absolute atomic E-state index is 0.134. The first kappa shape index (κ1) is 20.3. The number of urea groups is 1. The SMILES string of the molecule is CC(C)(C)OC(=O)C=Cc1cnc2c(c1)CN(CCN1CCOCC1)C(=O)N2. The Hall–Kier alpha value is -2.45. The predicted octanol–water partition coefficient (Wildman–Crippen LogP) is 2.12. The van der Waals surface area contributed by atoms with E-state index in [1.165, 1.54) is 6.08 Å². The van der Waals surface area contributed by atoms with Crippen molar-refractivity contribution in [3.8, 4) is 0 Å². The number of pyridine rings is 1. The lowest BCUT2D eigenvalue weighted by Gasteiger charge is -2.32. The molecule has 2 amide bonds. The molecule has 1 aromatic rings. The first-order chi connectivity index (χ1) is 13.3. The Morgan fingerprint density at radius 1 is 1.32 bits per heavy atom. The Morgan fingerprint density at radius 3 is 2.79 bits per heavy atom. The monoisotopic (exact) mass is 388 g/mol. The van der Waals surface area contributed by atoms with E-state index >= 15 is 0 Å². The summed E-state index contributed by atoms with van der Waals surface area (Å²) in [5.74, 6) is 0.174. The van der Waals surface area contributed by atoms with Crippen LogP contribution in [0, 0.1) is 0 Å². The van der Waals surface area contributed by atoms with Crippen LogP contribution in [0.4, 0.5) is 10.6 Å². The lowest BCUT2D eigenvalue weighted by molar-refractivity contribution is -0.148. The van der Waals surface area contributed by atoms with Crippen molar-refractivity contribution in [2.24, 2.45) is 0 Å². The van der Waals surface area contributed by atoms with Gasteiger partial charge in [0, 0.05) is 44.0 Å². The second kappa shape index (κ2) is 8.70. The van der Waals surface area contributed by atoms with Gasteiger partial charge in [0.1, 0.15) is 11.4 Å². The minimum atomic E-state index is -0.527. The van der Waals surface area contributed by atoms with Crippen LogP contribution in [0.3, 0.4) is 0 Å². The van der Waals surface area contributed by atoms with Crippen molar-refractivity contribution in [1.29, 1.82) is 0 Å². The molecule has 0 unspecified atom stereocenters. The standard InChI is InChI=1S/C20H28N4O4/c1-20(2,3)28-17(25)5-4-15-12-16-14-24(19(26)22-18(16)21-13-15)7-6-23-8-10-27-11-9-23/h4-5,12-13H,6-11,14H2,1-3H3,(H,21,22,26). The van der Waals surface area contributed by atoms with Gasteiger partial charge in [0.2, 0.25) is 0 Å². The van der Waals surface area contributed by atoms with Crippen molar-refractivity contribution >= 4 is 23.9 Å². The highest BCUT2D eigenvalue weighted by Gasteiger charge is 2.24. The highest BCUT2D eigenvalue weighted by atomic mass is 16.6. The Bertz CT molecular complexity index is 751. The Kier molecular flexibility index (Phi) is 6.31. The van der Waals surface area contributed by atoms with E-state index in [9.17, 15) is 9.59 Å². The van der Waals surface area contributed by atoms with E-state index < -0.39 is 11.6 Å². The van der Waals surface area contributed by atoms with Crippen molar-refractivity contribution in [2.45, 2.75) is 32.9 Å². The quantitative estimate of drug-likeness (QED) is 0.614. The number of aromatic nitrogens is 1. The fourth-order valence-electron chi connectivity index (χ4n) is 3.08. The number of amides is 2. The van der Waals surface area contributed by atoms with Crippen molar-refractivity contribution in [1.82, 2.24) is 14.8 Å². The molecule has 0 bridgehead atoms. The molecule has 8 heteroatoms. The zero-order valence-corrected chi connectivity index (χ0v) is 16.7. The number of esters is 1. The average molecular weight is 388 g/mol. The highest BCUT2D eigenvalue weighted by molar-refractivity contribution is 5.91. The molecule has 152 valence electrons. The number of nitrogens with one attached hydrogen (secondary N) is 1. The van der Waals surface area contributed by atoms with Crippen LogP contribution in [-0.4, -0.2) is 71.8 Å². The number of carbonyl (C=O) groups is 2. The summed E-state index contributed by atoms with van der Waals surface area (Å²) in [6.45, 7) is 10.7. The van der Waals surface area contributed by atoms with E-state index in [2.05, 4.69) is 15.2 Å². The first-order valence-electron chi connectivity index (χ1n) is 9.56. The fraction of sp³-hybridized carbons (Fsp3) is 0.550. The van der Waals surface area contributed by atoms with E-state index in [0.717, 1.165) is 44.0 Å². The smallest absolute Gasteiger partial charge is 0.331 e. The maximum Gasteiger partial charge on any atom is 0.331 e. The van der Waals surface area contributed by atoms with Crippen molar-refractivity contribution in [3.05, 3.63) is 29.5 Å². The number of morpholine rings is 1. The second-order valence-corrected chi connectivity index (χ2v) is 7.95. The third kappa shape index (κ3) is 5.77. The van der Waals surface area contributed by atoms with Crippen LogP contribution in [-0.2, 0) is 20.8 Å². The van der Waals surface area contributed by atoms with Crippen LogP contribution < -0.4 is 5.32 Å². The molecular weight excluding hydrogens is 360 g/mol. The van der Waals surface area contributed by atoms with Gasteiger partial charge in [-0.1, -0.05) is 0 Å². The Morgan fingerprint density at radius 2 is 2.07 bits per heavy atom. The molecule has 1 aromatic heterocycles. The molecule has 1 fully saturated rings. The molecule has 1 N–H and O–H groups in total. The van der Waals surface area contributed by atoms with Gasteiger partial charge in [-0.05, 0) is 38.5 Å². The number of ether oxygens (including phenoxy) is 2. The number of hydrogen-bond acceptors (Lipinski definition) is 6. The summed E-state index contributed by atoms with van der Waals surface area (Å²) in [4.78, 5) is 32.6. The number of carbonyl (C=O) groups excluding carboxylic acids is 2. The third-order valence-corrected chi connectivity index (χ3v) is 4.47. The van der Waals surface area contributed by atoms with E-state index in [-0.39, 0.29) is 6.03 Å². The predicted molar refractivity (Wildman–Crippen MR) is 106 cm³/mol. The van der Waals surface area contributed by atoms with Gasteiger partial charge < -0.3 is 14.4 Å². The molecule has 0 aromatic carbocycles. The lowest BCUT2D eigenvalue weighted by atomic mass is 10.1. The molecule has 2 aliphatic rings. The zero-order chi connectivity index (χ0) is 20.1. The molecule has 2 aliphatic heterocycles. The van der Waals surface area contributed by atoms with Gasteiger partial charge in [0.25, 0.3) is 0 Å². The molecule has 0 saturated carbocycles. The topological polar surface area (TPSA) is 84.0 Å². The molecule has 8 nitrogen and oxygen atoms in total. The van der Waals surface area contributed by atoms with Crippen LogP contribution >= 0.6 is 0 Å². The van der Waals surface area contributed by atoms with Gasteiger partial charge in [-0.2, -0.15) is 0 Å². The number of hydrogen-bond donors (Lipinski definition) is 1. The number of nitrogens with zero attached hydrogens (tertiary/aromatic N) is 3. The number of fused-ring (bicyclic) bond motifs is 1. The summed E-state index contributed by atoms with van der Waals surface area (Å²) in [5, 5.41) is 2.84. The van der Waals surface area contributed by atoms with Crippen molar-refractivity contribution in [2.75, 3.05) is 44.7 Å². The summed E-state index contributed by atoms with van der Waals surface area (Å²) in [7, 11) is 0. The van der Waals surface area contributed by atoms with Crippen LogP contribution in [0.15, 0.2) is 18.3 Å². The summed E-state index contributed by atoms with van der Waals surface area (Å²) >= 11 is 0. The normalized spacial score (nSPS) is 18.1. The molecule has 0 atom stereocenters. The second-order valence-electron chi connectivity index (χ2n) is 7.95. The van der Waals surface area contributed by atoms with Gasteiger partial charge >= 0.3 is 12.0 Å². The highest BCUT2D eigenvalue weighted by Crippen LogP contribution is 2.22. The van der Waals surface area contributed by atoms with Crippen LogP contribution in [0.1, 0.15) is 31.9 Å². The fourth-order valence-corrected chi connectivity index (χ4v) is 3.08. The average Bonchev–Trinajstić information content (AvgIpc) is 2.64. The van der Waals surface area contributed by atoms with Crippen LogP contribution in [0.2, 0.25) is 0 Å². The maximum atomic E-state index is 12.3. The van der Waals surface area contributed by atoms with Gasteiger partial charge in [-0.3, -0.25) is 10.2 Å². The largest absolute Gasteiger partial charge is 0.457 e. The summed E-state index contributed by atoms with van der Waals surface area (Å²) in [6, 6.07) is 1.80. The minimum Gasteiger partial charge on any atom is -0.457 e. The summed E-state index contributed by atoms with van der Waals surface area (Å²) in [6.07, 6.45) is 4.70. The molecule has 0 radical (unpaired) electrons. The van der Waals surface area contributed by atoms with E-state index in [1.807, 2.05) is 26.8 Å². The van der Waals surface area contributed by atoms with Gasteiger partial charge in [0.15, 0.2) is 0 Å².